The van der Waals surface area contributed by atoms with E-state index in [9.17, 15) is 9.59 Å². The summed E-state index contributed by atoms with van der Waals surface area (Å²) in [6.07, 6.45) is -0.0215. The molecule has 0 fully saturated rings. The number of ether oxygens (including phenoxy) is 1. The zero-order chi connectivity index (χ0) is 16.4. The summed E-state index contributed by atoms with van der Waals surface area (Å²) in [6.45, 7) is 2.21. The number of para-hydroxylation sites is 1. The second-order valence-electron chi connectivity index (χ2n) is 5.54. The van der Waals surface area contributed by atoms with Crippen LogP contribution in [0.3, 0.4) is 0 Å². The first-order valence-electron chi connectivity index (χ1n) is 7.52. The van der Waals surface area contributed by atoms with Gasteiger partial charge in [0, 0.05) is 17.9 Å². The van der Waals surface area contributed by atoms with Crippen LogP contribution < -0.4 is 10.6 Å². The molecule has 0 saturated carbocycles. The van der Waals surface area contributed by atoms with Crippen LogP contribution in [-0.2, 0) is 16.0 Å². The van der Waals surface area contributed by atoms with Crippen molar-refractivity contribution in [3.8, 4) is 0 Å². The van der Waals surface area contributed by atoms with Gasteiger partial charge < -0.3 is 15.4 Å². The van der Waals surface area contributed by atoms with Crippen LogP contribution in [0, 0.1) is 0 Å². The van der Waals surface area contributed by atoms with Crippen LogP contribution >= 0.6 is 0 Å². The maximum absolute atomic E-state index is 12.6. The van der Waals surface area contributed by atoms with Crippen LogP contribution in [0.25, 0.3) is 0 Å². The molecular formula is C18H18N2O3. The lowest BCUT2D eigenvalue weighted by Crippen LogP contribution is -2.39. The molecule has 1 amide bonds. The lowest BCUT2D eigenvalue weighted by molar-refractivity contribution is -0.126. The summed E-state index contributed by atoms with van der Waals surface area (Å²) < 4.78 is 5.29. The Balaban J connectivity index is 1.69. The molecule has 5 heteroatoms. The van der Waals surface area contributed by atoms with E-state index in [1.54, 1.807) is 36.1 Å². The minimum Gasteiger partial charge on any atom is -0.449 e. The fourth-order valence-corrected chi connectivity index (χ4v) is 2.68. The van der Waals surface area contributed by atoms with Gasteiger partial charge in [-0.25, -0.2) is 4.79 Å². The summed E-state index contributed by atoms with van der Waals surface area (Å²) in [5.41, 5.74) is 8.57. The fraction of sp³-hybridized carbons (Fsp3) is 0.222. The molecule has 0 bridgehead atoms. The minimum absolute atomic E-state index is 0.209. The first kappa shape index (κ1) is 15.1. The predicted molar refractivity (Wildman–Crippen MR) is 88.2 cm³/mol. The highest BCUT2D eigenvalue weighted by Gasteiger charge is 2.29. The van der Waals surface area contributed by atoms with Crippen molar-refractivity contribution in [1.82, 2.24) is 0 Å². The first-order chi connectivity index (χ1) is 11.1. The summed E-state index contributed by atoms with van der Waals surface area (Å²) in [5.74, 6) is -0.739. The van der Waals surface area contributed by atoms with Gasteiger partial charge in [0.05, 0.1) is 5.56 Å². The van der Waals surface area contributed by atoms with Gasteiger partial charge in [-0.15, -0.1) is 0 Å². The molecule has 0 spiro atoms. The number of esters is 1. The average Bonchev–Trinajstić information content (AvgIpc) is 2.98. The Bertz CT molecular complexity index is 740. The van der Waals surface area contributed by atoms with Crippen LogP contribution in [0.2, 0.25) is 0 Å². The summed E-state index contributed by atoms with van der Waals surface area (Å²) >= 11 is 0. The van der Waals surface area contributed by atoms with Gasteiger partial charge in [-0.1, -0.05) is 18.2 Å². The van der Waals surface area contributed by atoms with Gasteiger partial charge in [-0.05, 0) is 49.2 Å². The van der Waals surface area contributed by atoms with Crippen LogP contribution in [0.1, 0.15) is 22.8 Å². The van der Waals surface area contributed by atoms with E-state index >= 15 is 0 Å². The molecule has 0 aromatic heterocycles. The Morgan fingerprint density at radius 1 is 1.13 bits per heavy atom. The number of amides is 1. The lowest BCUT2D eigenvalue weighted by Gasteiger charge is -2.21. The number of benzene rings is 2. The molecule has 1 aliphatic rings. The molecule has 2 N–H and O–H groups in total. The van der Waals surface area contributed by atoms with E-state index in [0.29, 0.717) is 17.8 Å². The summed E-state index contributed by atoms with van der Waals surface area (Å²) in [5, 5.41) is 0. The third kappa shape index (κ3) is 3.04. The van der Waals surface area contributed by atoms with Gasteiger partial charge in [0.2, 0.25) is 0 Å². The van der Waals surface area contributed by atoms with E-state index in [1.165, 1.54) is 0 Å². The summed E-state index contributed by atoms with van der Waals surface area (Å²) in [6, 6.07) is 14.2. The maximum atomic E-state index is 12.6. The second kappa shape index (κ2) is 6.12. The molecular weight excluding hydrogens is 292 g/mol. The van der Waals surface area contributed by atoms with Crippen molar-refractivity contribution in [3.05, 3.63) is 59.7 Å². The van der Waals surface area contributed by atoms with Crippen LogP contribution in [-0.4, -0.2) is 24.5 Å². The van der Waals surface area contributed by atoms with Gasteiger partial charge >= 0.3 is 5.97 Å². The van der Waals surface area contributed by atoms with Crippen molar-refractivity contribution in [3.63, 3.8) is 0 Å². The molecule has 1 heterocycles. The molecule has 0 saturated heterocycles. The Labute approximate surface area is 134 Å². The average molecular weight is 310 g/mol. The molecule has 0 aliphatic carbocycles. The molecule has 1 aliphatic heterocycles. The van der Waals surface area contributed by atoms with Gasteiger partial charge in [0.25, 0.3) is 5.91 Å². The number of nitrogen functional groups attached to an aromatic ring is 1. The molecule has 3 rings (SSSR count). The number of nitrogens with two attached hydrogens (primary N) is 1. The molecule has 2 aromatic carbocycles. The SMILES string of the molecule is C[C@H](OC(=O)c1ccc(N)cc1)C(=O)N1CCc2ccccc21. The standard InChI is InChI=1S/C18H18N2O3/c1-12(23-18(22)14-6-8-15(19)9-7-14)17(21)20-11-10-13-4-2-3-5-16(13)20/h2-9,12H,10-11,19H2,1H3/t12-/m0/s1. The Hall–Kier alpha value is -2.82. The predicted octanol–water partition coefficient (Wildman–Crippen LogP) is 2.40. The Morgan fingerprint density at radius 3 is 2.57 bits per heavy atom. The minimum atomic E-state index is -0.841. The van der Waals surface area contributed by atoms with Crippen LogP contribution in [0.5, 0.6) is 0 Å². The van der Waals surface area contributed by atoms with Gasteiger partial charge in [0.15, 0.2) is 6.10 Å². The van der Waals surface area contributed by atoms with E-state index in [0.717, 1.165) is 17.7 Å². The quantitative estimate of drug-likeness (QED) is 0.698. The van der Waals surface area contributed by atoms with E-state index in [4.69, 9.17) is 10.5 Å². The third-order valence-electron chi connectivity index (χ3n) is 3.93. The fourth-order valence-electron chi connectivity index (χ4n) is 2.68. The molecule has 118 valence electrons. The Kier molecular flexibility index (Phi) is 4.02. The van der Waals surface area contributed by atoms with E-state index in [-0.39, 0.29) is 5.91 Å². The van der Waals surface area contributed by atoms with E-state index < -0.39 is 12.1 Å². The van der Waals surface area contributed by atoms with Crippen molar-refractivity contribution in [1.29, 1.82) is 0 Å². The number of carbonyl (C=O) groups is 2. The number of anilines is 2. The highest BCUT2D eigenvalue weighted by atomic mass is 16.5. The number of hydrogen-bond donors (Lipinski definition) is 1. The van der Waals surface area contributed by atoms with E-state index in [2.05, 4.69) is 0 Å². The zero-order valence-corrected chi connectivity index (χ0v) is 12.9. The third-order valence-corrected chi connectivity index (χ3v) is 3.93. The number of carbonyl (C=O) groups excluding carboxylic acids is 2. The van der Waals surface area contributed by atoms with E-state index in [1.807, 2.05) is 24.3 Å². The lowest BCUT2D eigenvalue weighted by atomic mass is 10.2. The highest BCUT2D eigenvalue weighted by Crippen LogP contribution is 2.28. The summed E-state index contributed by atoms with van der Waals surface area (Å²) in [4.78, 5) is 26.3. The maximum Gasteiger partial charge on any atom is 0.338 e. The van der Waals surface area contributed by atoms with Gasteiger partial charge in [0.1, 0.15) is 0 Å². The highest BCUT2D eigenvalue weighted by molar-refractivity contribution is 6.00. The molecule has 5 nitrogen and oxygen atoms in total. The van der Waals surface area contributed by atoms with Crippen molar-refractivity contribution in [2.45, 2.75) is 19.4 Å². The smallest absolute Gasteiger partial charge is 0.338 e. The molecule has 0 radical (unpaired) electrons. The number of fused-ring (bicyclic) bond motifs is 1. The van der Waals surface area contributed by atoms with Gasteiger partial charge in [-0.3, -0.25) is 4.79 Å². The van der Waals surface area contributed by atoms with Crippen molar-refractivity contribution < 1.29 is 14.3 Å². The molecule has 1 atom stereocenters. The number of hydrogen-bond acceptors (Lipinski definition) is 4. The largest absolute Gasteiger partial charge is 0.449 e. The number of rotatable bonds is 3. The van der Waals surface area contributed by atoms with Gasteiger partial charge in [-0.2, -0.15) is 0 Å². The Morgan fingerprint density at radius 2 is 1.83 bits per heavy atom. The van der Waals surface area contributed by atoms with Crippen LogP contribution in [0.4, 0.5) is 11.4 Å². The topological polar surface area (TPSA) is 72.6 Å². The molecule has 2 aromatic rings. The normalized spacial score (nSPS) is 14.2. The monoisotopic (exact) mass is 310 g/mol. The van der Waals surface area contributed by atoms with Crippen molar-refractivity contribution in [2.75, 3.05) is 17.2 Å². The summed E-state index contributed by atoms with van der Waals surface area (Å²) in [7, 11) is 0. The number of nitrogens with zero attached hydrogens (tertiary/aromatic N) is 1. The zero-order valence-electron chi connectivity index (χ0n) is 12.9. The molecule has 23 heavy (non-hydrogen) atoms. The molecule has 0 unspecified atom stereocenters. The van der Waals surface area contributed by atoms with Crippen molar-refractivity contribution >= 4 is 23.3 Å². The van der Waals surface area contributed by atoms with Crippen LogP contribution in [0.15, 0.2) is 48.5 Å². The second-order valence-corrected chi connectivity index (χ2v) is 5.54. The van der Waals surface area contributed by atoms with Crippen molar-refractivity contribution in [2.24, 2.45) is 0 Å². The first-order valence-corrected chi connectivity index (χ1v) is 7.52.